The maximum Gasteiger partial charge on any atom is 0.334 e. The van der Waals surface area contributed by atoms with Crippen molar-refractivity contribution in [1.29, 1.82) is 0 Å². The van der Waals surface area contributed by atoms with Crippen molar-refractivity contribution < 1.29 is 28.6 Å². The van der Waals surface area contributed by atoms with Crippen LogP contribution in [0.3, 0.4) is 0 Å². The molecule has 0 aromatic rings. The molecule has 2 aliphatic carbocycles. The largest absolute Gasteiger partial charge is 0.461 e. The van der Waals surface area contributed by atoms with Crippen LogP contribution in [-0.4, -0.2) is 36.2 Å². The van der Waals surface area contributed by atoms with Crippen molar-refractivity contribution in [1.82, 2.24) is 0 Å². The van der Waals surface area contributed by atoms with Gasteiger partial charge in [0.05, 0.1) is 0 Å². The Hall–Kier alpha value is -2.63. The van der Waals surface area contributed by atoms with Crippen LogP contribution in [0.4, 0.5) is 0 Å². The van der Waals surface area contributed by atoms with Gasteiger partial charge >= 0.3 is 17.9 Å². The smallest absolute Gasteiger partial charge is 0.334 e. The van der Waals surface area contributed by atoms with Crippen LogP contribution < -0.4 is 0 Å². The first-order chi connectivity index (χ1) is 15.4. The number of esters is 3. The average molecular weight is 457 g/mol. The van der Waals surface area contributed by atoms with Crippen molar-refractivity contribution in [3.63, 3.8) is 0 Å². The fourth-order valence-corrected chi connectivity index (χ4v) is 5.44. The first-order valence-corrected chi connectivity index (χ1v) is 11.7. The minimum absolute atomic E-state index is 0.0890. The van der Waals surface area contributed by atoms with Gasteiger partial charge in [-0.05, 0) is 71.4 Å². The van der Waals surface area contributed by atoms with Crippen LogP contribution in [0.1, 0.15) is 74.1 Å². The zero-order valence-electron chi connectivity index (χ0n) is 20.8. The predicted octanol–water partition coefficient (Wildman–Crippen LogP) is 5.14. The van der Waals surface area contributed by atoms with Gasteiger partial charge < -0.3 is 14.2 Å². The number of rotatable bonds is 3. The summed E-state index contributed by atoms with van der Waals surface area (Å²) >= 11 is 0. The Balaban J connectivity index is 2.15. The summed E-state index contributed by atoms with van der Waals surface area (Å²) < 4.78 is 17.6. The summed E-state index contributed by atoms with van der Waals surface area (Å²) in [7, 11) is 0. The van der Waals surface area contributed by atoms with E-state index in [9.17, 15) is 14.4 Å². The Labute approximate surface area is 196 Å². The third-order valence-electron chi connectivity index (χ3n) is 7.34. The molecule has 0 unspecified atom stereocenters. The van der Waals surface area contributed by atoms with Crippen molar-refractivity contribution in [3.8, 4) is 0 Å². The molecular formula is C27H36O6. The monoisotopic (exact) mass is 456 g/mol. The number of ether oxygens (including phenoxy) is 3. The fourth-order valence-electron chi connectivity index (χ4n) is 5.44. The quantitative estimate of drug-likeness (QED) is 0.253. The summed E-state index contributed by atoms with van der Waals surface area (Å²) in [4.78, 5) is 37.2. The van der Waals surface area contributed by atoms with Crippen LogP contribution >= 0.6 is 0 Å². The van der Waals surface area contributed by atoms with Crippen LogP contribution in [0.25, 0.3) is 0 Å². The van der Waals surface area contributed by atoms with Crippen LogP contribution in [0.15, 0.2) is 46.1 Å². The molecule has 0 saturated heterocycles. The summed E-state index contributed by atoms with van der Waals surface area (Å²) in [5, 5.41) is 0. The average Bonchev–Trinajstić information content (AvgIpc) is 2.96. The van der Waals surface area contributed by atoms with E-state index in [-0.39, 0.29) is 29.9 Å². The molecule has 1 heterocycles. The highest BCUT2D eigenvalue weighted by atomic mass is 16.6. The van der Waals surface area contributed by atoms with Gasteiger partial charge in [0, 0.05) is 30.4 Å². The fraction of sp³-hybridized carbons (Fsp3) is 0.593. The number of hydrogen-bond acceptors (Lipinski definition) is 6. The summed E-state index contributed by atoms with van der Waals surface area (Å²) in [6.45, 7) is 13.1. The molecule has 0 bridgehead atoms. The molecule has 180 valence electrons. The third kappa shape index (κ3) is 5.15. The van der Waals surface area contributed by atoms with Gasteiger partial charge in [-0.2, -0.15) is 0 Å². The van der Waals surface area contributed by atoms with E-state index >= 15 is 0 Å². The Bertz CT molecular complexity index is 961. The molecule has 0 amide bonds. The molecule has 3 rings (SSSR count). The molecule has 0 spiro atoms. The van der Waals surface area contributed by atoms with Crippen LogP contribution in [0, 0.1) is 11.3 Å². The Kier molecular flexibility index (Phi) is 7.35. The molecule has 0 fully saturated rings. The summed E-state index contributed by atoms with van der Waals surface area (Å²) in [6, 6.07) is 0. The molecule has 0 aromatic heterocycles. The molecule has 1 aliphatic heterocycles. The molecule has 0 aromatic carbocycles. The van der Waals surface area contributed by atoms with Crippen molar-refractivity contribution in [2.75, 3.05) is 0 Å². The Morgan fingerprint density at radius 1 is 1.12 bits per heavy atom. The van der Waals surface area contributed by atoms with Gasteiger partial charge in [-0.25, -0.2) is 9.59 Å². The summed E-state index contributed by atoms with van der Waals surface area (Å²) in [6.07, 6.45) is 6.68. The van der Waals surface area contributed by atoms with E-state index in [2.05, 4.69) is 19.9 Å². The number of fused-ring (bicyclic) bond motifs is 2. The number of carbonyl (C=O) groups excluding carboxylic acids is 3. The van der Waals surface area contributed by atoms with E-state index in [1.807, 2.05) is 33.8 Å². The zero-order valence-corrected chi connectivity index (χ0v) is 20.8. The molecular weight excluding hydrogens is 420 g/mol. The summed E-state index contributed by atoms with van der Waals surface area (Å²) in [5.41, 5.74) is 3.98. The standard InChI is InChI=1S/C27H36O6/c1-15(2)12-25(29)33-24-10-8-16(3)13-22-20(18(5)26(30)32-22)14-21-17(4)9-11-23(27(21,24)7)31-19(6)28/h9,12-13,21-24H,8,10-11,14H2,1-7H3/b16-13-/t21-,22-,23-,24-,27+/m0/s1. The molecule has 3 aliphatic rings. The van der Waals surface area contributed by atoms with E-state index in [4.69, 9.17) is 14.2 Å². The minimum atomic E-state index is -0.670. The van der Waals surface area contributed by atoms with Crippen LogP contribution in [0.2, 0.25) is 0 Å². The van der Waals surface area contributed by atoms with E-state index < -0.39 is 17.6 Å². The van der Waals surface area contributed by atoms with E-state index in [1.165, 1.54) is 13.0 Å². The van der Waals surface area contributed by atoms with Gasteiger partial charge in [-0.3, -0.25) is 4.79 Å². The Morgan fingerprint density at radius 2 is 1.82 bits per heavy atom. The third-order valence-corrected chi connectivity index (χ3v) is 7.34. The molecule has 0 saturated carbocycles. The number of hydrogen-bond donors (Lipinski definition) is 0. The second-order valence-electron chi connectivity index (χ2n) is 10.1. The topological polar surface area (TPSA) is 78.9 Å². The van der Waals surface area contributed by atoms with Crippen molar-refractivity contribution in [3.05, 3.63) is 46.1 Å². The van der Waals surface area contributed by atoms with Crippen LogP contribution in [0.5, 0.6) is 0 Å². The maximum atomic E-state index is 12.8. The van der Waals surface area contributed by atoms with Gasteiger partial charge in [0.15, 0.2) is 0 Å². The predicted molar refractivity (Wildman–Crippen MR) is 125 cm³/mol. The van der Waals surface area contributed by atoms with E-state index in [1.54, 1.807) is 0 Å². The molecule has 6 heteroatoms. The lowest BCUT2D eigenvalue weighted by molar-refractivity contribution is -0.177. The molecule has 33 heavy (non-hydrogen) atoms. The number of allylic oxidation sites excluding steroid dienone is 3. The lowest BCUT2D eigenvalue weighted by Crippen LogP contribution is -2.54. The second kappa shape index (κ2) is 9.70. The maximum absolute atomic E-state index is 12.8. The van der Waals surface area contributed by atoms with E-state index in [0.29, 0.717) is 31.3 Å². The first-order valence-electron chi connectivity index (χ1n) is 11.7. The summed E-state index contributed by atoms with van der Waals surface area (Å²) in [5.74, 6) is -1.13. The highest BCUT2D eigenvalue weighted by molar-refractivity contribution is 5.92. The lowest BCUT2D eigenvalue weighted by atomic mass is 9.59. The molecule has 0 N–H and O–H groups in total. The highest BCUT2D eigenvalue weighted by Gasteiger charge is 2.54. The normalized spacial score (nSPS) is 33.5. The van der Waals surface area contributed by atoms with Gasteiger partial charge in [0.25, 0.3) is 0 Å². The zero-order chi connectivity index (χ0) is 24.5. The van der Waals surface area contributed by atoms with Gasteiger partial charge in [0.2, 0.25) is 0 Å². The lowest BCUT2D eigenvalue weighted by Gasteiger charge is -2.50. The first kappa shape index (κ1) is 25.0. The van der Waals surface area contributed by atoms with Gasteiger partial charge in [-0.1, -0.05) is 29.7 Å². The SMILES string of the molecule is CC(=O)O[C@H]1CC=C(C)[C@@H]2CC3=C(C)C(=O)O[C@H]3/C=C(/C)CC[C@H](OC(=O)C=C(C)C)[C@@]12C. The molecule has 6 nitrogen and oxygen atoms in total. The van der Waals surface area contributed by atoms with Crippen molar-refractivity contribution in [2.45, 2.75) is 92.5 Å². The van der Waals surface area contributed by atoms with Gasteiger partial charge in [-0.15, -0.1) is 0 Å². The van der Waals surface area contributed by atoms with Crippen molar-refractivity contribution >= 4 is 17.9 Å². The van der Waals surface area contributed by atoms with Gasteiger partial charge in [0.1, 0.15) is 18.3 Å². The highest BCUT2D eigenvalue weighted by Crippen LogP contribution is 2.52. The molecule has 0 radical (unpaired) electrons. The number of carbonyl (C=O) groups is 3. The van der Waals surface area contributed by atoms with Crippen LogP contribution in [-0.2, 0) is 28.6 Å². The Morgan fingerprint density at radius 3 is 2.45 bits per heavy atom. The van der Waals surface area contributed by atoms with E-state index in [0.717, 1.165) is 22.3 Å². The second-order valence-corrected chi connectivity index (χ2v) is 10.1. The molecule has 5 atom stereocenters. The minimum Gasteiger partial charge on any atom is -0.461 e. The van der Waals surface area contributed by atoms with Crippen molar-refractivity contribution in [2.24, 2.45) is 11.3 Å².